The van der Waals surface area contributed by atoms with E-state index in [0.29, 0.717) is 5.56 Å². The van der Waals surface area contributed by atoms with Crippen LogP contribution in [0.25, 0.3) is 11.3 Å². The largest absolute Gasteiger partial charge is 0.477 e. The molecule has 21 heavy (non-hydrogen) atoms. The number of carbonyl (C=O) groups excluding carboxylic acids is 1. The molecule has 0 fully saturated rings. The van der Waals surface area contributed by atoms with Crippen molar-refractivity contribution in [1.29, 1.82) is 0 Å². The molecule has 2 heterocycles. The van der Waals surface area contributed by atoms with Crippen molar-refractivity contribution in [3.05, 3.63) is 22.4 Å². The lowest BCUT2D eigenvalue weighted by Gasteiger charge is -2.16. The zero-order valence-corrected chi connectivity index (χ0v) is 12.8. The van der Waals surface area contributed by atoms with Crippen LogP contribution in [0.15, 0.2) is 21.3 Å². The van der Waals surface area contributed by atoms with E-state index in [1.165, 1.54) is 11.3 Å². The molecule has 0 aliphatic carbocycles. The van der Waals surface area contributed by atoms with Crippen LogP contribution in [0.5, 0.6) is 0 Å². The van der Waals surface area contributed by atoms with E-state index in [2.05, 4.69) is 10.5 Å². The zero-order valence-electron chi connectivity index (χ0n) is 12.0. The number of carboxylic acids is 1. The number of hydrogen-bond donors (Lipinski definition) is 2. The Kier molecular flexibility index (Phi) is 4.13. The van der Waals surface area contributed by atoms with Gasteiger partial charge in [0, 0.05) is 17.4 Å². The van der Waals surface area contributed by atoms with E-state index in [-0.39, 0.29) is 34.9 Å². The number of nitrogens with one attached hydrogen (secondary N) is 1. The van der Waals surface area contributed by atoms with Gasteiger partial charge in [0.05, 0.1) is 0 Å². The Morgan fingerprint density at radius 2 is 2.14 bits per heavy atom. The van der Waals surface area contributed by atoms with Gasteiger partial charge >= 0.3 is 5.97 Å². The summed E-state index contributed by atoms with van der Waals surface area (Å²) in [6.45, 7) is 5.76. The van der Waals surface area contributed by atoms with Crippen molar-refractivity contribution in [2.24, 2.45) is 5.41 Å². The summed E-state index contributed by atoms with van der Waals surface area (Å²) < 4.78 is 5.01. The maximum atomic E-state index is 11.9. The summed E-state index contributed by atoms with van der Waals surface area (Å²) in [5.41, 5.74) is 0.534. The van der Waals surface area contributed by atoms with Crippen LogP contribution in [0.3, 0.4) is 0 Å². The van der Waals surface area contributed by atoms with E-state index in [1.807, 2.05) is 26.2 Å². The third-order valence-electron chi connectivity index (χ3n) is 2.64. The fourth-order valence-electron chi connectivity index (χ4n) is 1.82. The first-order valence-corrected chi connectivity index (χ1v) is 7.27. The third kappa shape index (κ3) is 3.69. The molecule has 112 valence electrons. The van der Waals surface area contributed by atoms with Crippen molar-refractivity contribution in [3.63, 3.8) is 0 Å². The first kappa shape index (κ1) is 15.2. The summed E-state index contributed by atoms with van der Waals surface area (Å²) in [4.78, 5) is 23.3. The van der Waals surface area contributed by atoms with E-state index in [9.17, 15) is 14.7 Å². The Balaban J connectivity index is 2.29. The van der Waals surface area contributed by atoms with Crippen LogP contribution >= 0.6 is 11.3 Å². The molecule has 2 N–H and O–H groups in total. The van der Waals surface area contributed by atoms with Crippen LogP contribution < -0.4 is 5.32 Å². The summed E-state index contributed by atoms with van der Waals surface area (Å²) in [5, 5.41) is 19.2. The van der Waals surface area contributed by atoms with Gasteiger partial charge in [0.1, 0.15) is 5.69 Å². The number of nitrogens with zero attached hydrogens (tertiary/aromatic N) is 1. The Morgan fingerprint density at radius 1 is 1.43 bits per heavy atom. The molecular formula is C14H16N2O4S. The lowest BCUT2D eigenvalue weighted by molar-refractivity contribution is -0.117. The average molecular weight is 308 g/mol. The normalized spacial score (nSPS) is 11.4. The van der Waals surface area contributed by atoms with Crippen molar-refractivity contribution in [3.8, 4) is 11.3 Å². The fourth-order valence-corrected chi connectivity index (χ4v) is 2.46. The highest BCUT2D eigenvalue weighted by Gasteiger charge is 2.26. The predicted molar refractivity (Wildman–Crippen MR) is 79.5 cm³/mol. The SMILES string of the molecule is CC(C)(C)CC(=O)Nc1onc(-c2ccsc2)c1C(=O)O. The summed E-state index contributed by atoms with van der Waals surface area (Å²) in [6.07, 6.45) is 0.251. The van der Waals surface area contributed by atoms with Crippen LogP contribution in [0.2, 0.25) is 0 Å². The van der Waals surface area contributed by atoms with Gasteiger partial charge in [-0.2, -0.15) is 11.3 Å². The average Bonchev–Trinajstić information content (AvgIpc) is 2.93. The van der Waals surface area contributed by atoms with Gasteiger partial charge in [-0.05, 0) is 16.9 Å². The summed E-state index contributed by atoms with van der Waals surface area (Å²) in [6, 6.07) is 1.75. The van der Waals surface area contributed by atoms with Gasteiger partial charge in [0.15, 0.2) is 5.56 Å². The second-order valence-electron chi connectivity index (χ2n) is 5.84. The molecule has 2 rings (SSSR count). The minimum atomic E-state index is -1.19. The predicted octanol–water partition coefficient (Wildman–Crippen LogP) is 3.48. The fraction of sp³-hybridized carbons (Fsp3) is 0.357. The second kappa shape index (κ2) is 5.69. The molecule has 2 aromatic rings. The molecule has 0 bridgehead atoms. The summed E-state index contributed by atoms with van der Waals surface area (Å²) >= 11 is 1.42. The maximum Gasteiger partial charge on any atom is 0.343 e. The molecule has 6 nitrogen and oxygen atoms in total. The van der Waals surface area contributed by atoms with E-state index in [1.54, 1.807) is 11.4 Å². The zero-order chi connectivity index (χ0) is 15.6. The van der Waals surface area contributed by atoms with Crippen LogP contribution in [0.4, 0.5) is 5.88 Å². The van der Waals surface area contributed by atoms with Gasteiger partial charge in [-0.1, -0.05) is 25.9 Å². The second-order valence-corrected chi connectivity index (χ2v) is 6.62. The van der Waals surface area contributed by atoms with Crippen molar-refractivity contribution >= 4 is 29.1 Å². The van der Waals surface area contributed by atoms with Crippen LogP contribution in [0.1, 0.15) is 37.6 Å². The minimum Gasteiger partial charge on any atom is -0.477 e. The van der Waals surface area contributed by atoms with Crippen LogP contribution in [-0.2, 0) is 4.79 Å². The topological polar surface area (TPSA) is 92.4 Å². The van der Waals surface area contributed by atoms with E-state index in [0.717, 1.165) is 0 Å². The first-order valence-electron chi connectivity index (χ1n) is 6.33. The van der Waals surface area contributed by atoms with Gasteiger partial charge < -0.3 is 9.63 Å². The third-order valence-corrected chi connectivity index (χ3v) is 3.33. The lowest BCUT2D eigenvalue weighted by atomic mass is 9.92. The monoisotopic (exact) mass is 308 g/mol. The Labute approximate surface area is 125 Å². The van der Waals surface area contributed by atoms with Gasteiger partial charge in [0.2, 0.25) is 11.8 Å². The van der Waals surface area contributed by atoms with E-state index < -0.39 is 5.97 Å². The van der Waals surface area contributed by atoms with Crippen molar-refractivity contribution in [2.45, 2.75) is 27.2 Å². The molecule has 0 saturated heterocycles. The molecular weight excluding hydrogens is 292 g/mol. The van der Waals surface area contributed by atoms with Gasteiger partial charge in [-0.15, -0.1) is 0 Å². The summed E-state index contributed by atoms with van der Waals surface area (Å²) in [5.74, 6) is -1.63. The molecule has 7 heteroatoms. The number of aromatic nitrogens is 1. The molecule has 0 aliphatic heterocycles. The number of carboxylic acid groups (broad SMARTS) is 1. The van der Waals surface area contributed by atoms with E-state index in [4.69, 9.17) is 4.52 Å². The minimum absolute atomic E-state index is 0.127. The van der Waals surface area contributed by atoms with Crippen molar-refractivity contribution in [2.75, 3.05) is 5.32 Å². The Bertz CT molecular complexity index is 653. The number of rotatable bonds is 4. The number of carbonyl (C=O) groups is 2. The standard InChI is InChI=1S/C14H16N2O4S/c1-14(2,3)6-9(17)15-12-10(13(18)19)11(16-20-12)8-4-5-21-7-8/h4-5,7H,6H2,1-3H3,(H,15,17)(H,18,19). The molecule has 0 spiro atoms. The van der Waals surface area contributed by atoms with Crippen molar-refractivity contribution in [1.82, 2.24) is 5.16 Å². The van der Waals surface area contributed by atoms with E-state index >= 15 is 0 Å². The Hall–Kier alpha value is -2.15. The maximum absolute atomic E-state index is 11.9. The molecule has 1 amide bonds. The van der Waals surface area contributed by atoms with Gasteiger partial charge in [-0.3, -0.25) is 10.1 Å². The molecule has 0 aliphatic rings. The first-order chi connectivity index (χ1) is 9.78. The van der Waals surface area contributed by atoms with Gasteiger partial charge in [-0.25, -0.2) is 4.79 Å². The smallest absolute Gasteiger partial charge is 0.343 e. The number of hydrogen-bond acceptors (Lipinski definition) is 5. The number of thiophene rings is 1. The Morgan fingerprint density at radius 3 is 2.67 bits per heavy atom. The molecule has 0 unspecified atom stereocenters. The summed E-state index contributed by atoms with van der Waals surface area (Å²) in [7, 11) is 0. The molecule has 0 radical (unpaired) electrons. The van der Waals surface area contributed by atoms with Crippen LogP contribution in [0, 0.1) is 5.41 Å². The van der Waals surface area contributed by atoms with Crippen LogP contribution in [-0.4, -0.2) is 22.1 Å². The highest BCUT2D eigenvalue weighted by atomic mass is 32.1. The molecule has 0 atom stereocenters. The van der Waals surface area contributed by atoms with Crippen molar-refractivity contribution < 1.29 is 19.2 Å². The number of aromatic carboxylic acids is 1. The molecule has 2 aromatic heterocycles. The highest BCUT2D eigenvalue weighted by Crippen LogP contribution is 2.30. The number of amides is 1. The molecule has 0 aromatic carbocycles. The number of anilines is 1. The van der Waals surface area contributed by atoms with Gasteiger partial charge in [0.25, 0.3) is 0 Å². The lowest BCUT2D eigenvalue weighted by Crippen LogP contribution is -2.20. The quantitative estimate of drug-likeness (QED) is 0.902. The highest BCUT2D eigenvalue weighted by molar-refractivity contribution is 7.08. The molecule has 0 saturated carbocycles.